The number of hydrogen-bond acceptors (Lipinski definition) is 3. The highest BCUT2D eigenvalue weighted by Gasteiger charge is 2.14. The maximum absolute atomic E-state index is 13.4. The van der Waals surface area contributed by atoms with Gasteiger partial charge in [-0.25, -0.2) is 4.39 Å². The van der Waals surface area contributed by atoms with Crippen molar-refractivity contribution in [1.29, 1.82) is 0 Å². The van der Waals surface area contributed by atoms with Crippen LogP contribution in [0.4, 0.5) is 4.39 Å². The molecular formula is C16H17FN2O2. The van der Waals surface area contributed by atoms with Crippen LogP contribution in [-0.2, 0) is 4.79 Å². The lowest BCUT2D eigenvalue weighted by atomic mass is 9.94. The molecule has 21 heavy (non-hydrogen) atoms. The molecule has 0 aliphatic rings. The Hall–Kier alpha value is -2.27. The molecule has 3 N–H and O–H groups in total. The maximum atomic E-state index is 13.4. The molecule has 2 rings (SSSR count). The number of halogens is 1. The second-order valence-corrected chi connectivity index (χ2v) is 5.13. The zero-order valence-electron chi connectivity index (χ0n) is 11.9. The quantitative estimate of drug-likeness (QED) is 0.906. The zero-order valence-corrected chi connectivity index (χ0v) is 11.9. The number of carboxylic acid groups (broad SMARTS) is 1. The van der Waals surface area contributed by atoms with Crippen molar-refractivity contribution < 1.29 is 14.3 Å². The van der Waals surface area contributed by atoms with Crippen LogP contribution in [0.1, 0.15) is 29.2 Å². The fraction of sp³-hybridized carbons (Fsp3) is 0.250. The van der Waals surface area contributed by atoms with Crippen LogP contribution in [0.5, 0.6) is 0 Å². The number of benzene rings is 1. The SMILES string of the molecule is Cc1cc(F)cc(C)c1-c1cncc([C@@H](N)CC(=O)O)c1. The Morgan fingerprint density at radius 1 is 1.29 bits per heavy atom. The predicted octanol–water partition coefficient (Wildman–Crippen LogP) is 2.98. The summed E-state index contributed by atoms with van der Waals surface area (Å²) in [6.07, 6.45) is 3.07. The van der Waals surface area contributed by atoms with Crippen molar-refractivity contribution in [2.24, 2.45) is 5.73 Å². The molecule has 1 atom stereocenters. The van der Waals surface area contributed by atoms with E-state index >= 15 is 0 Å². The van der Waals surface area contributed by atoms with Gasteiger partial charge in [-0.05, 0) is 54.3 Å². The van der Waals surface area contributed by atoms with Gasteiger partial charge in [-0.1, -0.05) is 0 Å². The molecule has 0 aliphatic carbocycles. The molecule has 0 spiro atoms. The zero-order chi connectivity index (χ0) is 15.6. The summed E-state index contributed by atoms with van der Waals surface area (Å²) >= 11 is 0. The molecule has 0 bridgehead atoms. The van der Waals surface area contributed by atoms with Crippen LogP contribution in [0, 0.1) is 19.7 Å². The minimum absolute atomic E-state index is 0.160. The van der Waals surface area contributed by atoms with Gasteiger partial charge >= 0.3 is 5.97 Å². The minimum Gasteiger partial charge on any atom is -0.481 e. The number of aryl methyl sites for hydroxylation is 2. The molecule has 0 aliphatic heterocycles. The number of rotatable bonds is 4. The van der Waals surface area contributed by atoms with E-state index in [0.717, 1.165) is 22.3 Å². The van der Waals surface area contributed by atoms with Crippen LogP contribution in [0.3, 0.4) is 0 Å². The van der Waals surface area contributed by atoms with E-state index in [4.69, 9.17) is 10.8 Å². The van der Waals surface area contributed by atoms with Crippen LogP contribution in [0.15, 0.2) is 30.6 Å². The molecule has 0 saturated heterocycles. The van der Waals surface area contributed by atoms with Crippen molar-refractivity contribution in [2.45, 2.75) is 26.3 Å². The number of aromatic nitrogens is 1. The summed E-state index contributed by atoms with van der Waals surface area (Å²) in [5.41, 5.74) is 9.83. The van der Waals surface area contributed by atoms with Gasteiger partial charge in [0.1, 0.15) is 5.82 Å². The van der Waals surface area contributed by atoms with E-state index in [1.54, 1.807) is 12.4 Å². The Bertz CT molecular complexity index is 663. The highest BCUT2D eigenvalue weighted by atomic mass is 19.1. The van der Waals surface area contributed by atoms with E-state index in [-0.39, 0.29) is 12.2 Å². The van der Waals surface area contributed by atoms with Crippen LogP contribution in [-0.4, -0.2) is 16.1 Å². The van der Waals surface area contributed by atoms with Crippen LogP contribution in [0.25, 0.3) is 11.1 Å². The summed E-state index contributed by atoms with van der Waals surface area (Å²) in [6.45, 7) is 3.66. The second-order valence-electron chi connectivity index (χ2n) is 5.13. The highest BCUT2D eigenvalue weighted by Crippen LogP contribution is 2.29. The number of aliphatic carboxylic acids is 1. The molecular weight excluding hydrogens is 271 g/mol. The molecule has 0 amide bonds. The van der Waals surface area contributed by atoms with E-state index in [2.05, 4.69) is 4.98 Å². The van der Waals surface area contributed by atoms with Crippen molar-refractivity contribution in [3.8, 4) is 11.1 Å². The van der Waals surface area contributed by atoms with Crippen molar-refractivity contribution >= 4 is 5.97 Å². The van der Waals surface area contributed by atoms with Crippen LogP contribution >= 0.6 is 0 Å². The van der Waals surface area contributed by atoms with Crippen molar-refractivity contribution in [3.05, 3.63) is 53.1 Å². The van der Waals surface area contributed by atoms with Gasteiger partial charge in [0.25, 0.3) is 0 Å². The second kappa shape index (κ2) is 6.01. The topological polar surface area (TPSA) is 76.2 Å². The Morgan fingerprint density at radius 2 is 1.90 bits per heavy atom. The molecule has 110 valence electrons. The van der Waals surface area contributed by atoms with E-state index in [9.17, 15) is 9.18 Å². The molecule has 4 nitrogen and oxygen atoms in total. The van der Waals surface area contributed by atoms with Gasteiger partial charge < -0.3 is 10.8 Å². The first kappa shape index (κ1) is 15.1. The van der Waals surface area contributed by atoms with Gasteiger partial charge in [0.15, 0.2) is 0 Å². The summed E-state index contributed by atoms with van der Waals surface area (Å²) < 4.78 is 13.4. The average Bonchev–Trinajstić information content (AvgIpc) is 2.37. The predicted molar refractivity (Wildman–Crippen MR) is 78.3 cm³/mol. The fourth-order valence-corrected chi connectivity index (χ4v) is 2.47. The van der Waals surface area contributed by atoms with Crippen molar-refractivity contribution in [2.75, 3.05) is 0 Å². The molecule has 1 heterocycles. The van der Waals surface area contributed by atoms with E-state index < -0.39 is 12.0 Å². The maximum Gasteiger partial charge on any atom is 0.305 e. The Labute approximate surface area is 122 Å². The summed E-state index contributed by atoms with van der Waals surface area (Å²) in [6, 6.07) is 4.13. The van der Waals surface area contributed by atoms with Gasteiger partial charge in [-0.15, -0.1) is 0 Å². The number of carbonyl (C=O) groups is 1. The van der Waals surface area contributed by atoms with Crippen LogP contribution in [0.2, 0.25) is 0 Å². The Morgan fingerprint density at radius 3 is 2.48 bits per heavy atom. The lowest BCUT2D eigenvalue weighted by Gasteiger charge is -2.14. The summed E-state index contributed by atoms with van der Waals surface area (Å²) in [5.74, 6) is -1.23. The molecule has 1 aromatic carbocycles. The Balaban J connectivity index is 2.45. The van der Waals surface area contributed by atoms with Crippen molar-refractivity contribution in [1.82, 2.24) is 4.98 Å². The third kappa shape index (κ3) is 3.44. The molecule has 2 aromatic rings. The molecule has 1 aromatic heterocycles. The monoisotopic (exact) mass is 288 g/mol. The number of nitrogens with two attached hydrogens (primary N) is 1. The van der Waals surface area contributed by atoms with E-state index in [1.807, 2.05) is 19.9 Å². The normalized spacial score (nSPS) is 12.2. The number of pyridine rings is 1. The summed E-state index contributed by atoms with van der Waals surface area (Å²) in [5, 5.41) is 8.81. The Kier molecular flexibility index (Phi) is 4.33. The van der Waals surface area contributed by atoms with Gasteiger partial charge in [-0.3, -0.25) is 9.78 Å². The lowest BCUT2D eigenvalue weighted by Crippen LogP contribution is -2.15. The largest absolute Gasteiger partial charge is 0.481 e. The smallest absolute Gasteiger partial charge is 0.305 e. The average molecular weight is 288 g/mol. The van der Waals surface area contributed by atoms with E-state index in [1.165, 1.54) is 12.1 Å². The minimum atomic E-state index is -0.956. The first-order valence-electron chi connectivity index (χ1n) is 6.58. The lowest BCUT2D eigenvalue weighted by molar-refractivity contribution is -0.137. The molecule has 0 unspecified atom stereocenters. The number of carboxylic acids is 1. The molecule has 0 saturated carbocycles. The first-order chi connectivity index (χ1) is 9.88. The summed E-state index contributed by atoms with van der Waals surface area (Å²) in [7, 11) is 0. The number of nitrogens with zero attached hydrogens (tertiary/aromatic N) is 1. The fourth-order valence-electron chi connectivity index (χ4n) is 2.47. The number of hydrogen-bond donors (Lipinski definition) is 2. The third-order valence-electron chi connectivity index (χ3n) is 3.37. The van der Waals surface area contributed by atoms with Gasteiger partial charge in [0.05, 0.1) is 6.42 Å². The molecule has 0 radical (unpaired) electrons. The van der Waals surface area contributed by atoms with E-state index in [0.29, 0.717) is 5.56 Å². The third-order valence-corrected chi connectivity index (χ3v) is 3.37. The summed E-state index contributed by atoms with van der Waals surface area (Å²) in [4.78, 5) is 14.9. The van der Waals surface area contributed by atoms with Gasteiger partial charge in [0.2, 0.25) is 0 Å². The highest BCUT2D eigenvalue weighted by molar-refractivity contribution is 5.71. The van der Waals surface area contributed by atoms with Gasteiger partial charge in [-0.2, -0.15) is 0 Å². The van der Waals surface area contributed by atoms with Crippen molar-refractivity contribution in [3.63, 3.8) is 0 Å². The van der Waals surface area contributed by atoms with Crippen LogP contribution < -0.4 is 5.73 Å². The molecule has 5 heteroatoms. The molecule has 0 fully saturated rings. The van der Waals surface area contributed by atoms with Gasteiger partial charge in [0, 0.05) is 24.0 Å². The standard InChI is InChI=1S/C16H17FN2O2/c1-9-3-13(17)4-10(2)16(9)12-5-11(7-19-8-12)14(18)6-15(20)21/h3-5,7-8,14H,6,18H2,1-2H3,(H,20,21)/t14-/m0/s1. The first-order valence-corrected chi connectivity index (χ1v) is 6.58.